The highest BCUT2D eigenvalue weighted by atomic mass is 32.1. The summed E-state index contributed by atoms with van der Waals surface area (Å²) in [6, 6.07) is 4.10. The van der Waals surface area contributed by atoms with Crippen molar-refractivity contribution >= 4 is 27.6 Å². The SMILES string of the molecule is CNC(=O)c1sc2nccnc2c1C1CCN(Cc2cccnc2)CC1. The number of amides is 1. The molecule has 4 heterocycles. The van der Waals surface area contributed by atoms with E-state index in [1.807, 2.05) is 12.3 Å². The van der Waals surface area contributed by atoms with Gasteiger partial charge in [-0.1, -0.05) is 6.07 Å². The van der Waals surface area contributed by atoms with E-state index in [1.165, 1.54) is 16.9 Å². The van der Waals surface area contributed by atoms with Crippen molar-refractivity contribution in [3.63, 3.8) is 0 Å². The van der Waals surface area contributed by atoms with E-state index < -0.39 is 0 Å². The lowest BCUT2D eigenvalue weighted by molar-refractivity contribution is 0.0965. The zero-order valence-corrected chi connectivity index (χ0v) is 15.5. The number of carbonyl (C=O) groups is 1. The number of piperidine rings is 1. The molecular weight excluding hydrogens is 346 g/mol. The lowest BCUT2D eigenvalue weighted by Gasteiger charge is -2.32. The Balaban J connectivity index is 1.55. The molecule has 134 valence electrons. The van der Waals surface area contributed by atoms with Crippen LogP contribution in [-0.2, 0) is 6.54 Å². The maximum Gasteiger partial charge on any atom is 0.261 e. The van der Waals surface area contributed by atoms with Gasteiger partial charge in [0, 0.05) is 43.9 Å². The summed E-state index contributed by atoms with van der Waals surface area (Å²) in [6.45, 7) is 2.93. The van der Waals surface area contributed by atoms with Crippen LogP contribution in [0.1, 0.15) is 39.6 Å². The molecule has 1 saturated heterocycles. The van der Waals surface area contributed by atoms with E-state index in [1.54, 1.807) is 25.6 Å². The molecule has 4 rings (SSSR count). The predicted molar refractivity (Wildman–Crippen MR) is 102 cm³/mol. The van der Waals surface area contributed by atoms with Crippen molar-refractivity contribution in [1.82, 2.24) is 25.2 Å². The highest BCUT2D eigenvalue weighted by Gasteiger charge is 2.29. The van der Waals surface area contributed by atoms with Crippen molar-refractivity contribution in [3.05, 3.63) is 52.9 Å². The minimum atomic E-state index is -0.0393. The molecule has 0 aliphatic carbocycles. The topological polar surface area (TPSA) is 71.0 Å². The van der Waals surface area contributed by atoms with Crippen LogP contribution in [-0.4, -0.2) is 45.9 Å². The summed E-state index contributed by atoms with van der Waals surface area (Å²) < 4.78 is 0. The first-order valence-corrected chi connectivity index (χ1v) is 9.64. The number of hydrogen-bond acceptors (Lipinski definition) is 6. The minimum absolute atomic E-state index is 0.0393. The van der Waals surface area contributed by atoms with E-state index in [4.69, 9.17) is 0 Å². The van der Waals surface area contributed by atoms with Gasteiger partial charge in [0.25, 0.3) is 5.91 Å². The summed E-state index contributed by atoms with van der Waals surface area (Å²) in [6.07, 6.45) is 9.17. The van der Waals surface area contributed by atoms with Crippen molar-refractivity contribution in [2.75, 3.05) is 20.1 Å². The smallest absolute Gasteiger partial charge is 0.261 e. The molecule has 0 unspecified atom stereocenters. The van der Waals surface area contributed by atoms with Crippen molar-refractivity contribution in [2.24, 2.45) is 0 Å². The number of thiophene rings is 1. The van der Waals surface area contributed by atoms with Crippen LogP contribution < -0.4 is 5.32 Å². The molecule has 1 fully saturated rings. The third-order valence-corrected chi connectivity index (χ3v) is 6.02. The summed E-state index contributed by atoms with van der Waals surface area (Å²) in [4.78, 5) is 29.6. The van der Waals surface area contributed by atoms with Gasteiger partial charge in [-0.3, -0.25) is 19.7 Å². The number of aromatic nitrogens is 3. The largest absolute Gasteiger partial charge is 0.354 e. The summed E-state index contributed by atoms with van der Waals surface area (Å²) in [7, 11) is 1.67. The number of hydrogen-bond donors (Lipinski definition) is 1. The molecule has 1 aliphatic heterocycles. The van der Waals surface area contributed by atoms with E-state index in [2.05, 4.69) is 31.2 Å². The predicted octanol–water partition coefficient (Wildman–Crippen LogP) is 2.83. The fourth-order valence-electron chi connectivity index (χ4n) is 3.63. The first-order valence-electron chi connectivity index (χ1n) is 8.83. The monoisotopic (exact) mass is 367 g/mol. The molecule has 6 nitrogen and oxygen atoms in total. The highest BCUT2D eigenvalue weighted by molar-refractivity contribution is 7.20. The molecule has 0 saturated carbocycles. The number of pyridine rings is 1. The number of nitrogens with zero attached hydrogens (tertiary/aromatic N) is 4. The quantitative estimate of drug-likeness (QED) is 0.768. The third kappa shape index (κ3) is 3.32. The van der Waals surface area contributed by atoms with Gasteiger partial charge in [0.15, 0.2) is 0 Å². The molecule has 1 amide bonds. The van der Waals surface area contributed by atoms with E-state index in [9.17, 15) is 4.79 Å². The highest BCUT2D eigenvalue weighted by Crippen LogP contribution is 2.39. The maximum absolute atomic E-state index is 12.4. The summed E-state index contributed by atoms with van der Waals surface area (Å²) in [5.74, 6) is 0.306. The lowest BCUT2D eigenvalue weighted by Crippen LogP contribution is -2.33. The van der Waals surface area contributed by atoms with Gasteiger partial charge in [-0.15, -0.1) is 11.3 Å². The Kier molecular flexibility index (Phi) is 4.90. The van der Waals surface area contributed by atoms with Gasteiger partial charge in [0.2, 0.25) is 0 Å². The zero-order chi connectivity index (χ0) is 17.9. The van der Waals surface area contributed by atoms with Gasteiger partial charge in [0.05, 0.1) is 4.88 Å². The van der Waals surface area contributed by atoms with Crippen LogP contribution >= 0.6 is 11.3 Å². The van der Waals surface area contributed by atoms with Crippen LogP contribution in [0, 0.1) is 0 Å². The van der Waals surface area contributed by atoms with Gasteiger partial charge >= 0.3 is 0 Å². The van der Waals surface area contributed by atoms with E-state index in [-0.39, 0.29) is 5.91 Å². The van der Waals surface area contributed by atoms with Gasteiger partial charge < -0.3 is 5.32 Å². The molecule has 7 heteroatoms. The second kappa shape index (κ2) is 7.47. The molecule has 3 aromatic rings. The zero-order valence-electron chi connectivity index (χ0n) is 14.7. The van der Waals surface area contributed by atoms with Crippen molar-refractivity contribution in [1.29, 1.82) is 0 Å². The molecule has 3 aromatic heterocycles. The Morgan fingerprint density at radius 2 is 2.08 bits per heavy atom. The van der Waals surface area contributed by atoms with Crippen LogP contribution in [0.4, 0.5) is 0 Å². The molecule has 1 N–H and O–H groups in total. The Hall–Kier alpha value is -2.38. The number of rotatable bonds is 4. The van der Waals surface area contributed by atoms with Gasteiger partial charge in [0.1, 0.15) is 10.3 Å². The first-order chi connectivity index (χ1) is 12.8. The minimum Gasteiger partial charge on any atom is -0.354 e. The number of carbonyl (C=O) groups excluding carboxylic acids is 1. The average Bonchev–Trinajstić information content (AvgIpc) is 3.08. The molecule has 0 radical (unpaired) electrons. The third-order valence-electron chi connectivity index (χ3n) is 4.92. The van der Waals surface area contributed by atoms with E-state index >= 15 is 0 Å². The van der Waals surface area contributed by atoms with Crippen LogP contribution in [0.2, 0.25) is 0 Å². The lowest BCUT2D eigenvalue weighted by atomic mass is 9.88. The van der Waals surface area contributed by atoms with Crippen LogP contribution in [0.5, 0.6) is 0 Å². The molecule has 26 heavy (non-hydrogen) atoms. The van der Waals surface area contributed by atoms with Crippen molar-refractivity contribution in [2.45, 2.75) is 25.3 Å². The second-order valence-electron chi connectivity index (χ2n) is 6.55. The van der Waals surface area contributed by atoms with Gasteiger partial charge in [-0.05, 0) is 43.5 Å². The number of nitrogens with one attached hydrogen (secondary N) is 1. The fourth-order valence-corrected chi connectivity index (χ4v) is 4.77. The second-order valence-corrected chi connectivity index (χ2v) is 7.54. The Labute approximate surface area is 156 Å². The standard InChI is InChI=1S/C19H21N5OS/c1-20-18(25)17-15(16-19(26-17)23-8-7-22-16)14-4-9-24(10-5-14)12-13-3-2-6-21-11-13/h2-3,6-8,11,14H,4-5,9-10,12H2,1H3,(H,20,25). The molecule has 1 aliphatic rings. The number of fused-ring (bicyclic) bond motifs is 1. The summed E-state index contributed by atoms with van der Waals surface area (Å²) in [5, 5.41) is 2.76. The fraction of sp³-hybridized carbons (Fsp3) is 0.368. The van der Waals surface area contributed by atoms with Gasteiger partial charge in [-0.25, -0.2) is 4.98 Å². The maximum atomic E-state index is 12.4. The van der Waals surface area contributed by atoms with Gasteiger partial charge in [-0.2, -0.15) is 0 Å². The molecular formula is C19H21N5OS. The van der Waals surface area contributed by atoms with Crippen LogP contribution in [0.25, 0.3) is 10.3 Å². The Morgan fingerprint density at radius 3 is 2.81 bits per heavy atom. The molecule has 0 atom stereocenters. The van der Waals surface area contributed by atoms with Crippen LogP contribution in [0.3, 0.4) is 0 Å². The average molecular weight is 367 g/mol. The Morgan fingerprint density at radius 1 is 1.27 bits per heavy atom. The Bertz CT molecular complexity index is 903. The van der Waals surface area contributed by atoms with Crippen molar-refractivity contribution < 1.29 is 4.79 Å². The van der Waals surface area contributed by atoms with Crippen molar-refractivity contribution in [3.8, 4) is 0 Å². The number of likely N-dealkylation sites (tertiary alicyclic amines) is 1. The van der Waals surface area contributed by atoms with E-state index in [0.29, 0.717) is 5.92 Å². The van der Waals surface area contributed by atoms with E-state index in [0.717, 1.165) is 53.3 Å². The first kappa shape index (κ1) is 17.1. The molecule has 0 spiro atoms. The summed E-state index contributed by atoms with van der Waals surface area (Å²) >= 11 is 1.45. The molecule has 0 bridgehead atoms. The van der Waals surface area contributed by atoms with Crippen LogP contribution in [0.15, 0.2) is 36.9 Å². The molecule has 0 aromatic carbocycles. The normalized spacial score (nSPS) is 16.0. The summed E-state index contributed by atoms with van der Waals surface area (Å²) in [5.41, 5.74) is 3.21.